The zero-order chi connectivity index (χ0) is 18.7. The van der Waals surface area contributed by atoms with Crippen LogP contribution in [0, 0.1) is 0 Å². The van der Waals surface area contributed by atoms with Crippen LogP contribution in [0.1, 0.15) is 28.5 Å². The van der Waals surface area contributed by atoms with Gasteiger partial charge in [-0.25, -0.2) is 4.79 Å². The van der Waals surface area contributed by atoms with Gasteiger partial charge in [0.15, 0.2) is 0 Å². The standard InChI is InChI=1S/C17H15F3N2O3/c1-16(15(24)25,17(18,19)20)22-14(23)12-6-4-5-11(9-12)10-13-7-2-3-8-21-13/h2-9H,10H2,1H3,(H,22,23)(H,24,25). The predicted molar refractivity (Wildman–Crippen MR) is 83.0 cm³/mol. The number of carboxylic acids is 1. The second kappa shape index (κ2) is 6.92. The number of amides is 1. The van der Waals surface area contributed by atoms with Crippen molar-refractivity contribution in [3.05, 3.63) is 65.5 Å². The first kappa shape index (κ1) is 18.4. The molecule has 0 aliphatic heterocycles. The maximum absolute atomic E-state index is 13.0. The third kappa shape index (κ3) is 4.14. The van der Waals surface area contributed by atoms with Gasteiger partial charge in [-0.15, -0.1) is 0 Å². The molecular formula is C17H15F3N2O3. The molecule has 2 aromatic rings. The molecule has 132 valence electrons. The molecule has 0 bridgehead atoms. The number of aliphatic carboxylic acids is 1. The lowest BCUT2D eigenvalue weighted by atomic mass is 10.00. The van der Waals surface area contributed by atoms with Crippen LogP contribution in [0.25, 0.3) is 0 Å². The highest BCUT2D eigenvalue weighted by Crippen LogP contribution is 2.30. The zero-order valence-electron chi connectivity index (χ0n) is 13.2. The van der Waals surface area contributed by atoms with E-state index in [4.69, 9.17) is 5.11 Å². The van der Waals surface area contributed by atoms with Gasteiger partial charge < -0.3 is 10.4 Å². The molecule has 1 heterocycles. The van der Waals surface area contributed by atoms with E-state index < -0.39 is 23.6 Å². The normalized spacial score (nSPS) is 13.8. The molecule has 0 fully saturated rings. The van der Waals surface area contributed by atoms with Gasteiger partial charge in [-0.1, -0.05) is 18.2 Å². The van der Waals surface area contributed by atoms with Gasteiger partial charge in [0.25, 0.3) is 5.91 Å². The summed E-state index contributed by atoms with van der Waals surface area (Å²) in [7, 11) is 0. The minimum atomic E-state index is -5.14. The van der Waals surface area contributed by atoms with Crippen molar-refractivity contribution in [2.24, 2.45) is 0 Å². The number of carbonyl (C=O) groups excluding carboxylic acids is 1. The number of hydrogen-bond donors (Lipinski definition) is 2. The van der Waals surface area contributed by atoms with Crippen LogP contribution < -0.4 is 5.32 Å². The van der Waals surface area contributed by atoms with E-state index in [1.165, 1.54) is 18.2 Å². The van der Waals surface area contributed by atoms with E-state index in [2.05, 4.69) is 4.98 Å². The first-order chi connectivity index (χ1) is 11.6. The van der Waals surface area contributed by atoms with Gasteiger partial charge in [0.05, 0.1) is 0 Å². The monoisotopic (exact) mass is 352 g/mol. The van der Waals surface area contributed by atoms with E-state index in [1.807, 2.05) is 0 Å². The molecular weight excluding hydrogens is 337 g/mol. The molecule has 0 spiro atoms. The summed E-state index contributed by atoms with van der Waals surface area (Å²) in [4.78, 5) is 27.3. The number of carboxylic acid groups (broad SMARTS) is 1. The molecule has 1 aromatic carbocycles. The summed E-state index contributed by atoms with van der Waals surface area (Å²) in [5.41, 5.74) is -2.05. The highest BCUT2D eigenvalue weighted by molar-refractivity contribution is 5.98. The van der Waals surface area contributed by atoms with Gasteiger partial charge in [0.1, 0.15) is 0 Å². The number of halogens is 3. The van der Waals surface area contributed by atoms with E-state index in [1.54, 1.807) is 35.8 Å². The van der Waals surface area contributed by atoms with Gasteiger partial charge in [-0.2, -0.15) is 13.2 Å². The maximum Gasteiger partial charge on any atom is 0.422 e. The van der Waals surface area contributed by atoms with Crippen LogP contribution in [0.5, 0.6) is 0 Å². The fraction of sp³-hybridized carbons (Fsp3) is 0.235. The summed E-state index contributed by atoms with van der Waals surface area (Å²) in [5, 5.41) is 10.4. The quantitative estimate of drug-likeness (QED) is 0.867. The molecule has 0 saturated carbocycles. The molecule has 0 aliphatic rings. The van der Waals surface area contributed by atoms with Crippen LogP contribution in [0.3, 0.4) is 0 Å². The Hall–Kier alpha value is -2.90. The van der Waals surface area contributed by atoms with Gasteiger partial charge >= 0.3 is 12.1 Å². The van der Waals surface area contributed by atoms with Crippen LogP contribution in [0.2, 0.25) is 0 Å². The molecule has 5 nitrogen and oxygen atoms in total. The van der Waals surface area contributed by atoms with Crippen molar-refractivity contribution >= 4 is 11.9 Å². The molecule has 0 aliphatic carbocycles. The zero-order valence-corrected chi connectivity index (χ0v) is 13.2. The Kier molecular flexibility index (Phi) is 5.10. The molecule has 0 saturated heterocycles. The number of pyridine rings is 1. The third-order valence-electron chi connectivity index (χ3n) is 3.66. The predicted octanol–water partition coefficient (Wildman–Crippen LogP) is 2.81. The topological polar surface area (TPSA) is 79.3 Å². The van der Waals surface area contributed by atoms with E-state index in [9.17, 15) is 22.8 Å². The van der Waals surface area contributed by atoms with Crippen LogP contribution in [0.4, 0.5) is 13.2 Å². The third-order valence-corrected chi connectivity index (χ3v) is 3.66. The number of nitrogens with zero attached hydrogens (tertiary/aromatic N) is 1. The van der Waals surface area contributed by atoms with Crippen LogP contribution in [0.15, 0.2) is 48.7 Å². The number of benzene rings is 1. The van der Waals surface area contributed by atoms with Gasteiger partial charge in [0.2, 0.25) is 5.54 Å². The van der Waals surface area contributed by atoms with Crippen molar-refractivity contribution in [3.63, 3.8) is 0 Å². The largest absolute Gasteiger partial charge is 0.479 e. The Labute approximate surface area is 141 Å². The Morgan fingerprint density at radius 2 is 1.88 bits per heavy atom. The van der Waals surface area contributed by atoms with Gasteiger partial charge in [0, 0.05) is 23.9 Å². The lowest BCUT2D eigenvalue weighted by molar-refractivity contribution is -0.203. The van der Waals surface area contributed by atoms with Crippen molar-refractivity contribution < 1.29 is 27.9 Å². The Bertz CT molecular complexity index is 778. The van der Waals surface area contributed by atoms with E-state index in [0.717, 1.165) is 5.69 Å². The number of nitrogens with one attached hydrogen (secondary N) is 1. The molecule has 0 radical (unpaired) electrons. The lowest BCUT2D eigenvalue weighted by Gasteiger charge is -2.28. The first-order valence-corrected chi connectivity index (χ1v) is 7.25. The number of aromatic nitrogens is 1. The molecule has 1 atom stereocenters. The van der Waals surface area contributed by atoms with E-state index >= 15 is 0 Å². The highest BCUT2D eigenvalue weighted by Gasteiger charge is 2.58. The molecule has 1 aromatic heterocycles. The second-order valence-corrected chi connectivity index (χ2v) is 5.58. The summed E-state index contributed by atoms with van der Waals surface area (Å²) < 4.78 is 39.0. The number of carbonyl (C=O) groups is 2. The van der Waals surface area contributed by atoms with Crippen LogP contribution >= 0.6 is 0 Å². The molecule has 1 unspecified atom stereocenters. The van der Waals surface area contributed by atoms with Crippen molar-refractivity contribution in [2.75, 3.05) is 0 Å². The second-order valence-electron chi connectivity index (χ2n) is 5.58. The molecule has 2 N–H and O–H groups in total. The highest BCUT2D eigenvalue weighted by atomic mass is 19.4. The van der Waals surface area contributed by atoms with Gasteiger partial charge in [-0.3, -0.25) is 9.78 Å². The number of alkyl halides is 3. The fourth-order valence-corrected chi connectivity index (χ4v) is 2.08. The molecule has 1 amide bonds. The average molecular weight is 352 g/mol. The lowest BCUT2D eigenvalue weighted by Crippen LogP contribution is -2.61. The van der Waals surface area contributed by atoms with E-state index in [-0.39, 0.29) is 5.56 Å². The smallest absolute Gasteiger partial charge is 0.422 e. The summed E-state index contributed by atoms with van der Waals surface area (Å²) in [6.45, 7) is 0.408. The molecule has 25 heavy (non-hydrogen) atoms. The SMILES string of the molecule is CC(NC(=O)c1cccc(Cc2ccccn2)c1)(C(=O)O)C(F)(F)F. The van der Waals surface area contributed by atoms with Crippen LogP contribution in [-0.2, 0) is 11.2 Å². The number of rotatable bonds is 5. The Balaban J connectivity index is 2.22. The number of hydrogen-bond acceptors (Lipinski definition) is 3. The minimum Gasteiger partial charge on any atom is -0.479 e. The summed E-state index contributed by atoms with van der Waals surface area (Å²) >= 11 is 0. The summed E-state index contributed by atoms with van der Waals surface area (Å²) in [5.74, 6) is -3.30. The summed E-state index contributed by atoms with van der Waals surface area (Å²) in [6.07, 6.45) is -3.15. The fourth-order valence-electron chi connectivity index (χ4n) is 2.08. The molecule has 8 heteroatoms. The summed E-state index contributed by atoms with van der Waals surface area (Å²) in [6, 6.07) is 11.2. The maximum atomic E-state index is 13.0. The van der Waals surface area contributed by atoms with E-state index in [0.29, 0.717) is 18.9 Å². The molecule has 2 rings (SSSR count). The van der Waals surface area contributed by atoms with Crippen molar-refractivity contribution in [1.29, 1.82) is 0 Å². The Morgan fingerprint density at radius 1 is 1.16 bits per heavy atom. The van der Waals surface area contributed by atoms with Crippen molar-refractivity contribution in [3.8, 4) is 0 Å². The average Bonchev–Trinajstić information content (AvgIpc) is 2.54. The first-order valence-electron chi connectivity index (χ1n) is 7.25. The van der Waals surface area contributed by atoms with Gasteiger partial charge in [-0.05, 0) is 36.8 Å². The van der Waals surface area contributed by atoms with Crippen molar-refractivity contribution in [1.82, 2.24) is 10.3 Å². The van der Waals surface area contributed by atoms with Crippen molar-refractivity contribution in [2.45, 2.75) is 25.1 Å². The Morgan fingerprint density at radius 3 is 2.44 bits per heavy atom. The minimum absolute atomic E-state index is 0.0647. The van der Waals surface area contributed by atoms with Crippen LogP contribution in [-0.4, -0.2) is 33.7 Å².